The second-order valence-electron chi connectivity index (χ2n) is 11.9. The highest BCUT2D eigenvalue weighted by Crippen LogP contribution is 2.41. The summed E-state index contributed by atoms with van der Waals surface area (Å²) in [6, 6.07) is 12.5. The predicted octanol–water partition coefficient (Wildman–Crippen LogP) is 5.42. The van der Waals surface area contributed by atoms with Crippen LogP contribution in [-0.2, 0) is 20.7 Å². The lowest BCUT2D eigenvalue weighted by Crippen LogP contribution is -2.54. The number of unbranched alkanes of at least 4 members (excludes halogenated alkanes) is 2. The number of phenolic OH excluding ortho intramolecular Hbond substituents is 1. The number of alkyl carbamates (subject to hydrolysis) is 1. The molecule has 1 aliphatic rings. The summed E-state index contributed by atoms with van der Waals surface area (Å²) >= 11 is 0. The number of aromatic hydroxyl groups is 1. The third kappa shape index (κ3) is 8.73. The minimum absolute atomic E-state index is 0.122. The van der Waals surface area contributed by atoms with Crippen molar-refractivity contribution in [1.82, 2.24) is 15.5 Å². The van der Waals surface area contributed by atoms with Crippen LogP contribution in [0, 0.1) is 12.8 Å². The molecule has 0 radical (unpaired) electrons. The van der Waals surface area contributed by atoms with E-state index in [9.17, 15) is 19.5 Å². The number of carbonyl (C=O) groups is 3. The highest BCUT2D eigenvalue weighted by molar-refractivity contribution is 5.93. The zero-order chi connectivity index (χ0) is 29.4. The fraction of sp³-hybridized carbons (Fsp3) is 0.531. The maximum Gasteiger partial charge on any atom is 0.408 e. The number of hydrogen-bond donors (Lipinski definition) is 3. The molecule has 3 N–H and O–H groups in total. The Hall–Kier alpha value is -3.55. The number of hydrogen-bond acceptors (Lipinski definition) is 5. The van der Waals surface area contributed by atoms with Crippen LogP contribution in [0.25, 0.3) is 0 Å². The van der Waals surface area contributed by atoms with Gasteiger partial charge in [-0.25, -0.2) is 4.79 Å². The van der Waals surface area contributed by atoms with Crippen LogP contribution in [0.15, 0.2) is 48.5 Å². The number of nitrogens with zero attached hydrogens (tertiary/aromatic N) is 1. The lowest BCUT2D eigenvalue weighted by molar-refractivity contribution is -0.143. The van der Waals surface area contributed by atoms with Crippen LogP contribution in [0.4, 0.5) is 4.79 Å². The number of phenols is 1. The van der Waals surface area contributed by atoms with Crippen molar-refractivity contribution in [2.45, 2.75) is 97.4 Å². The first kappa shape index (κ1) is 31.0. The van der Waals surface area contributed by atoms with E-state index in [0.717, 1.165) is 31.2 Å². The molecular formula is C32H45N3O5. The number of nitrogens with one attached hydrogen (secondary N) is 2. The third-order valence-electron chi connectivity index (χ3n) is 7.09. The van der Waals surface area contributed by atoms with Crippen molar-refractivity contribution in [1.29, 1.82) is 0 Å². The normalized spacial score (nSPS) is 17.9. The molecule has 8 nitrogen and oxygen atoms in total. The fourth-order valence-electron chi connectivity index (χ4n) is 4.82. The van der Waals surface area contributed by atoms with E-state index in [2.05, 4.69) is 24.5 Å². The first-order chi connectivity index (χ1) is 18.9. The van der Waals surface area contributed by atoms with Crippen LogP contribution >= 0.6 is 0 Å². The van der Waals surface area contributed by atoms with Gasteiger partial charge in [0.15, 0.2) is 0 Å². The molecule has 0 heterocycles. The Bertz CT molecular complexity index is 1160. The molecule has 1 fully saturated rings. The summed E-state index contributed by atoms with van der Waals surface area (Å²) in [5.41, 5.74) is 1.37. The SMILES string of the molecule is CCCCCNC(=O)C(c1ccc(O)c(C)c1)N(C(=O)C(Cc1ccccc1)NC(=O)OC(C)(C)C)C1CC1C. The molecule has 218 valence electrons. The Kier molecular flexibility index (Phi) is 10.6. The van der Waals surface area contributed by atoms with E-state index < -0.39 is 23.8 Å². The molecule has 4 unspecified atom stereocenters. The van der Waals surface area contributed by atoms with Crippen LogP contribution in [0.2, 0.25) is 0 Å². The molecule has 2 aromatic carbocycles. The highest BCUT2D eigenvalue weighted by Gasteiger charge is 2.48. The number of benzene rings is 2. The van der Waals surface area contributed by atoms with Crippen molar-refractivity contribution < 1.29 is 24.2 Å². The minimum atomic E-state index is -0.946. The van der Waals surface area contributed by atoms with Gasteiger partial charge >= 0.3 is 6.09 Å². The fourth-order valence-corrected chi connectivity index (χ4v) is 4.82. The third-order valence-corrected chi connectivity index (χ3v) is 7.09. The molecular weight excluding hydrogens is 506 g/mol. The van der Waals surface area contributed by atoms with Crippen LogP contribution in [0.3, 0.4) is 0 Å². The Balaban J connectivity index is 2.01. The molecule has 1 aliphatic carbocycles. The number of ether oxygens (including phenoxy) is 1. The first-order valence-corrected chi connectivity index (χ1v) is 14.3. The maximum absolute atomic E-state index is 14.4. The Labute approximate surface area is 238 Å². The van der Waals surface area contributed by atoms with Gasteiger partial charge in [-0.2, -0.15) is 0 Å². The van der Waals surface area contributed by atoms with E-state index in [1.54, 1.807) is 50.8 Å². The molecule has 1 saturated carbocycles. The van der Waals surface area contributed by atoms with E-state index in [0.29, 0.717) is 17.7 Å². The molecule has 3 rings (SSSR count). The smallest absolute Gasteiger partial charge is 0.408 e. The summed E-state index contributed by atoms with van der Waals surface area (Å²) in [4.78, 5) is 42.8. The van der Waals surface area contributed by atoms with Gasteiger partial charge < -0.3 is 25.4 Å². The molecule has 0 saturated heterocycles. The van der Waals surface area contributed by atoms with E-state index in [1.165, 1.54) is 0 Å². The summed E-state index contributed by atoms with van der Waals surface area (Å²) < 4.78 is 5.50. The summed E-state index contributed by atoms with van der Waals surface area (Å²) in [7, 11) is 0. The Morgan fingerprint density at radius 1 is 1.10 bits per heavy atom. The summed E-state index contributed by atoms with van der Waals surface area (Å²) in [5.74, 6) is -0.290. The van der Waals surface area contributed by atoms with Crippen molar-refractivity contribution in [3.63, 3.8) is 0 Å². The van der Waals surface area contributed by atoms with Crippen LogP contribution < -0.4 is 10.6 Å². The van der Waals surface area contributed by atoms with Gasteiger partial charge in [-0.3, -0.25) is 9.59 Å². The van der Waals surface area contributed by atoms with E-state index in [-0.39, 0.29) is 35.9 Å². The zero-order valence-electron chi connectivity index (χ0n) is 24.7. The Morgan fingerprint density at radius 2 is 1.77 bits per heavy atom. The van der Waals surface area contributed by atoms with Gasteiger partial charge in [-0.15, -0.1) is 0 Å². The van der Waals surface area contributed by atoms with Gasteiger partial charge in [0.05, 0.1) is 0 Å². The molecule has 0 spiro atoms. The molecule has 3 amide bonds. The molecule has 40 heavy (non-hydrogen) atoms. The van der Waals surface area contributed by atoms with Gasteiger partial charge in [0.1, 0.15) is 23.4 Å². The molecule has 4 atom stereocenters. The summed E-state index contributed by atoms with van der Waals surface area (Å²) in [6.45, 7) is 11.7. The number of carbonyl (C=O) groups excluding carboxylic acids is 3. The van der Waals surface area contributed by atoms with Crippen molar-refractivity contribution in [2.75, 3.05) is 6.54 Å². The first-order valence-electron chi connectivity index (χ1n) is 14.3. The average molecular weight is 552 g/mol. The molecule has 0 bridgehead atoms. The standard InChI is InChI=1S/C32H45N3O5/c1-7-8-12-17-33-29(37)28(24-15-16-27(36)22(3)18-24)35(26-19-21(26)2)30(38)25(20-23-13-10-9-11-14-23)34-31(39)40-32(4,5)6/h9-11,13-16,18,21,25-26,28,36H,7-8,12,17,19-20H2,1-6H3,(H,33,37)(H,34,39). The largest absolute Gasteiger partial charge is 0.508 e. The Morgan fingerprint density at radius 3 is 2.35 bits per heavy atom. The van der Waals surface area contributed by atoms with Gasteiger partial charge in [0.2, 0.25) is 11.8 Å². The van der Waals surface area contributed by atoms with Crippen molar-refractivity contribution in [3.05, 3.63) is 65.2 Å². The highest BCUT2D eigenvalue weighted by atomic mass is 16.6. The molecule has 0 aliphatic heterocycles. The lowest BCUT2D eigenvalue weighted by atomic mass is 9.98. The monoisotopic (exact) mass is 551 g/mol. The lowest BCUT2D eigenvalue weighted by Gasteiger charge is -2.35. The minimum Gasteiger partial charge on any atom is -0.508 e. The molecule has 8 heteroatoms. The van der Waals surface area contributed by atoms with Crippen molar-refractivity contribution in [2.24, 2.45) is 5.92 Å². The van der Waals surface area contributed by atoms with Gasteiger partial charge in [-0.1, -0.05) is 63.1 Å². The molecule has 2 aromatic rings. The van der Waals surface area contributed by atoms with Gasteiger partial charge in [-0.05, 0) is 75.3 Å². The summed E-state index contributed by atoms with van der Waals surface area (Å²) in [6.07, 6.45) is 3.17. The van der Waals surface area contributed by atoms with E-state index in [1.807, 2.05) is 30.3 Å². The number of aryl methyl sites for hydroxylation is 1. The second kappa shape index (κ2) is 13.7. The van der Waals surface area contributed by atoms with Crippen molar-refractivity contribution >= 4 is 17.9 Å². The number of amides is 3. The van der Waals surface area contributed by atoms with E-state index >= 15 is 0 Å². The molecule has 0 aromatic heterocycles. The van der Waals surface area contributed by atoms with E-state index in [4.69, 9.17) is 4.74 Å². The van der Waals surface area contributed by atoms with Crippen LogP contribution in [0.5, 0.6) is 5.75 Å². The van der Waals surface area contributed by atoms with Crippen molar-refractivity contribution in [3.8, 4) is 5.75 Å². The number of rotatable bonds is 12. The average Bonchev–Trinajstić information content (AvgIpc) is 3.61. The predicted molar refractivity (Wildman–Crippen MR) is 156 cm³/mol. The van der Waals surface area contributed by atoms with Gasteiger partial charge in [0.25, 0.3) is 0 Å². The van der Waals surface area contributed by atoms with Crippen LogP contribution in [0.1, 0.15) is 83.0 Å². The topological polar surface area (TPSA) is 108 Å². The maximum atomic E-state index is 14.4. The summed E-state index contributed by atoms with van der Waals surface area (Å²) in [5, 5.41) is 16.0. The zero-order valence-corrected chi connectivity index (χ0v) is 24.7. The van der Waals surface area contributed by atoms with Crippen LogP contribution in [-0.4, -0.2) is 52.1 Å². The quantitative estimate of drug-likeness (QED) is 0.305. The van der Waals surface area contributed by atoms with Gasteiger partial charge in [0, 0.05) is 19.0 Å². The second-order valence-corrected chi connectivity index (χ2v) is 11.9.